The fraction of sp³-hybridized carbons (Fsp3) is 0.440. The molecule has 0 aromatic heterocycles. The van der Waals surface area contributed by atoms with E-state index in [9.17, 15) is 9.18 Å². The van der Waals surface area contributed by atoms with E-state index in [2.05, 4.69) is 10.6 Å². The van der Waals surface area contributed by atoms with E-state index in [0.29, 0.717) is 12.1 Å². The zero-order valence-electron chi connectivity index (χ0n) is 19.2. The number of hydrogen-bond acceptors (Lipinski definition) is 2. The van der Waals surface area contributed by atoms with Gasteiger partial charge in [-0.05, 0) is 55.2 Å². The largest absolute Gasteiger partial charge is 0.357 e. The lowest BCUT2D eigenvalue weighted by Gasteiger charge is -2.31. The Kier molecular flexibility index (Phi) is 9.93. The van der Waals surface area contributed by atoms with Crippen molar-refractivity contribution in [1.29, 1.82) is 0 Å². The third-order valence-electron chi connectivity index (χ3n) is 5.98. The monoisotopic (exact) mass is 552 g/mol. The second kappa shape index (κ2) is 12.2. The lowest BCUT2D eigenvalue weighted by atomic mass is 9.79. The van der Waals surface area contributed by atoms with E-state index in [4.69, 9.17) is 4.99 Å². The molecule has 1 fully saturated rings. The first-order valence-electron chi connectivity index (χ1n) is 11.0. The molecule has 1 amide bonds. The molecule has 2 aromatic rings. The van der Waals surface area contributed by atoms with Gasteiger partial charge in [0.1, 0.15) is 5.82 Å². The molecular weight excluding hydrogens is 518 g/mol. The Bertz CT molecular complexity index is 891. The van der Waals surface area contributed by atoms with Crippen LogP contribution in [0.3, 0.4) is 0 Å². The third kappa shape index (κ3) is 6.67. The van der Waals surface area contributed by atoms with Gasteiger partial charge in [-0.25, -0.2) is 9.38 Å². The zero-order chi connectivity index (χ0) is 22.3. The van der Waals surface area contributed by atoms with Crippen LogP contribution in [-0.2, 0) is 12.0 Å². The van der Waals surface area contributed by atoms with Gasteiger partial charge >= 0.3 is 0 Å². The Morgan fingerprint density at radius 1 is 1.03 bits per heavy atom. The summed E-state index contributed by atoms with van der Waals surface area (Å²) in [6, 6.07) is 14.5. The molecule has 0 heterocycles. The van der Waals surface area contributed by atoms with Crippen LogP contribution in [0.15, 0.2) is 53.5 Å². The predicted molar refractivity (Wildman–Crippen MR) is 139 cm³/mol. The summed E-state index contributed by atoms with van der Waals surface area (Å²) in [6.07, 6.45) is 4.55. The molecule has 3 rings (SSSR count). The van der Waals surface area contributed by atoms with Gasteiger partial charge in [-0.3, -0.25) is 4.79 Å². The number of halogens is 2. The number of carbonyl (C=O) groups is 1. The molecule has 5 nitrogen and oxygen atoms in total. The highest BCUT2D eigenvalue weighted by Gasteiger charge is 2.35. The van der Waals surface area contributed by atoms with Crippen LogP contribution in [0.4, 0.5) is 4.39 Å². The summed E-state index contributed by atoms with van der Waals surface area (Å²) in [5.41, 5.74) is 2.92. The SMILES string of the molecule is CCNC(=NCc1ccc(C(=O)N(C)C)cc1)NCC1(c2ccc(F)cc2)CCCC1.I. The molecule has 1 saturated carbocycles. The van der Waals surface area contributed by atoms with E-state index in [1.165, 1.54) is 18.4 Å². The van der Waals surface area contributed by atoms with Crippen molar-refractivity contribution >= 4 is 35.8 Å². The molecule has 0 aliphatic heterocycles. The Hall–Kier alpha value is -2.16. The minimum atomic E-state index is -0.196. The van der Waals surface area contributed by atoms with E-state index < -0.39 is 0 Å². The molecule has 1 aliphatic rings. The van der Waals surface area contributed by atoms with Crippen LogP contribution in [-0.4, -0.2) is 44.0 Å². The molecule has 0 spiro atoms. The van der Waals surface area contributed by atoms with Gasteiger partial charge in [0.2, 0.25) is 0 Å². The van der Waals surface area contributed by atoms with Crippen LogP contribution in [0, 0.1) is 5.82 Å². The van der Waals surface area contributed by atoms with E-state index in [-0.39, 0.29) is 41.1 Å². The number of aliphatic imine (C=N–C) groups is 1. The summed E-state index contributed by atoms with van der Waals surface area (Å²) < 4.78 is 13.4. The Labute approximate surface area is 207 Å². The topological polar surface area (TPSA) is 56.7 Å². The van der Waals surface area contributed by atoms with Crippen molar-refractivity contribution in [3.63, 3.8) is 0 Å². The second-order valence-corrected chi connectivity index (χ2v) is 8.44. The molecule has 2 N–H and O–H groups in total. The molecule has 0 saturated heterocycles. The summed E-state index contributed by atoms with van der Waals surface area (Å²) in [6.45, 7) is 4.10. The number of nitrogens with zero attached hydrogens (tertiary/aromatic N) is 2. The first-order valence-corrected chi connectivity index (χ1v) is 11.0. The minimum absolute atomic E-state index is 0. The summed E-state index contributed by atoms with van der Waals surface area (Å²) in [7, 11) is 3.50. The van der Waals surface area contributed by atoms with Crippen molar-refractivity contribution in [2.75, 3.05) is 27.2 Å². The maximum atomic E-state index is 13.4. The van der Waals surface area contributed by atoms with Gasteiger partial charge in [0.05, 0.1) is 6.54 Å². The molecule has 0 atom stereocenters. The highest BCUT2D eigenvalue weighted by Crippen LogP contribution is 2.40. The fourth-order valence-corrected chi connectivity index (χ4v) is 4.20. The van der Waals surface area contributed by atoms with Gasteiger partial charge < -0.3 is 15.5 Å². The molecular formula is C25H34FIN4O. The molecule has 7 heteroatoms. The number of nitrogens with one attached hydrogen (secondary N) is 2. The quantitative estimate of drug-likeness (QED) is 0.297. The van der Waals surface area contributed by atoms with Crippen molar-refractivity contribution in [3.8, 4) is 0 Å². The third-order valence-corrected chi connectivity index (χ3v) is 5.98. The second-order valence-electron chi connectivity index (χ2n) is 8.44. The average molecular weight is 552 g/mol. The van der Waals surface area contributed by atoms with E-state index in [0.717, 1.165) is 37.5 Å². The maximum absolute atomic E-state index is 13.4. The van der Waals surface area contributed by atoms with Crippen molar-refractivity contribution in [2.45, 2.75) is 44.6 Å². The van der Waals surface area contributed by atoms with Crippen LogP contribution in [0.2, 0.25) is 0 Å². The normalized spacial score (nSPS) is 15.1. The van der Waals surface area contributed by atoms with Crippen molar-refractivity contribution in [1.82, 2.24) is 15.5 Å². The lowest BCUT2D eigenvalue weighted by molar-refractivity contribution is 0.0827. The van der Waals surface area contributed by atoms with Gasteiger partial charge in [0.15, 0.2) is 5.96 Å². The summed E-state index contributed by atoms with van der Waals surface area (Å²) in [4.78, 5) is 18.3. The number of guanidine groups is 1. The molecule has 32 heavy (non-hydrogen) atoms. The van der Waals surface area contributed by atoms with E-state index >= 15 is 0 Å². The van der Waals surface area contributed by atoms with Crippen molar-refractivity contribution < 1.29 is 9.18 Å². The van der Waals surface area contributed by atoms with Gasteiger partial charge in [0.25, 0.3) is 5.91 Å². The Balaban J connectivity index is 0.00000363. The highest BCUT2D eigenvalue weighted by molar-refractivity contribution is 14.0. The van der Waals surface area contributed by atoms with Crippen molar-refractivity contribution in [3.05, 3.63) is 71.0 Å². The van der Waals surface area contributed by atoms with Gasteiger partial charge in [-0.15, -0.1) is 24.0 Å². The van der Waals surface area contributed by atoms with Gasteiger partial charge in [0, 0.05) is 38.2 Å². The molecule has 0 unspecified atom stereocenters. The minimum Gasteiger partial charge on any atom is -0.357 e. The Morgan fingerprint density at radius 3 is 2.22 bits per heavy atom. The lowest BCUT2D eigenvalue weighted by Crippen LogP contribution is -2.44. The number of carbonyl (C=O) groups excluding carboxylic acids is 1. The van der Waals surface area contributed by atoms with E-state index in [1.807, 2.05) is 43.3 Å². The maximum Gasteiger partial charge on any atom is 0.253 e. The summed E-state index contributed by atoms with van der Waals surface area (Å²) in [5.74, 6) is 0.565. The van der Waals surface area contributed by atoms with Crippen LogP contribution in [0.5, 0.6) is 0 Å². The highest BCUT2D eigenvalue weighted by atomic mass is 127. The van der Waals surface area contributed by atoms with Crippen LogP contribution >= 0.6 is 24.0 Å². The van der Waals surface area contributed by atoms with E-state index in [1.54, 1.807) is 31.1 Å². The number of rotatable bonds is 7. The van der Waals surface area contributed by atoms with Crippen LogP contribution in [0.25, 0.3) is 0 Å². The standard InChI is InChI=1S/C25H33FN4O.HI/c1-4-27-24(28-17-19-7-9-20(10-8-19)23(31)30(2)3)29-18-25(15-5-6-16-25)21-11-13-22(26)14-12-21;/h7-14H,4-6,15-18H2,1-3H3,(H2,27,28,29);1H. The fourth-order valence-electron chi connectivity index (χ4n) is 4.20. The smallest absolute Gasteiger partial charge is 0.253 e. The molecule has 0 radical (unpaired) electrons. The summed E-state index contributed by atoms with van der Waals surface area (Å²) in [5, 5.41) is 6.83. The zero-order valence-corrected chi connectivity index (χ0v) is 21.5. The molecule has 2 aromatic carbocycles. The molecule has 1 aliphatic carbocycles. The average Bonchev–Trinajstić information content (AvgIpc) is 3.26. The van der Waals surface area contributed by atoms with Crippen LogP contribution < -0.4 is 10.6 Å². The van der Waals surface area contributed by atoms with Gasteiger partial charge in [-0.2, -0.15) is 0 Å². The number of benzene rings is 2. The molecule has 174 valence electrons. The first-order chi connectivity index (χ1) is 14.9. The summed E-state index contributed by atoms with van der Waals surface area (Å²) >= 11 is 0. The van der Waals surface area contributed by atoms with Gasteiger partial charge in [-0.1, -0.05) is 37.1 Å². The predicted octanol–water partition coefficient (Wildman–Crippen LogP) is 4.71. The van der Waals surface area contributed by atoms with Crippen molar-refractivity contribution in [2.24, 2.45) is 4.99 Å². The number of amides is 1. The first kappa shape index (κ1) is 26.1. The number of hydrogen-bond donors (Lipinski definition) is 2. The molecule has 0 bridgehead atoms. The Morgan fingerprint density at radius 2 is 1.66 bits per heavy atom. The van der Waals surface area contributed by atoms with Crippen LogP contribution in [0.1, 0.15) is 54.1 Å².